The fraction of sp³-hybridized carbons (Fsp3) is 0.394. The van der Waals surface area contributed by atoms with Gasteiger partial charge in [0.05, 0.1) is 0 Å². The molecule has 1 aliphatic heterocycles. The third kappa shape index (κ3) is 6.74. The summed E-state index contributed by atoms with van der Waals surface area (Å²) in [6.07, 6.45) is 2.29. The molecule has 0 amide bonds. The minimum atomic E-state index is -3.57. The third-order valence-corrected chi connectivity index (χ3v) is 12.8. The molecule has 212 valence electrons. The normalized spacial score (nSPS) is 14.4. The molecule has 0 radical (unpaired) electrons. The van der Waals surface area contributed by atoms with Gasteiger partial charge >= 0.3 is 247 Å². The van der Waals surface area contributed by atoms with Crippen molar-refractivity contribution >= 4 is 39.7 Å². The summed E-state index contributed by atoms with van der Waals surface area (Å²) in [7, 11) is 15.3. The number of anilines is 2. The van der Waals surface area contributed by atoms with Crippen molar-refractivity contribution in [2.24, 2.45) is 0 Å². The summed E-state index contributed by atoms with van der Waals surface area (Å²) >= 11 is -3.57. The van der Waals surface area contributed by atoms with Crippen molar-refractivity contribution in [2.45, 2.75) is 60.9 Å². The predicted molar refractivity (Wildman–Crippen MR) is 171 cm³/mol. The molecule has 0 aromatic heterocycles. The fourth-order valence-corrected chi connectivity index (χ4v) is 11.9. The summed E-state index contributed by atoms with van der Waals surface area (Å²) in [4.78, 5) is 7.38. The Balaban J connectivity index is 1.95. The van der Waals surface area contributed by atoms with E-state index in [1.807, 2.05) is 0 Å². The quantitative estimate of drug-likeness (QED) is 0.215. The number of hydrogen-bond donors (Lipinski definition) is 0. The first-order valence-corrected chi connectivity index (χ1v) is 20.3. The molecule has 0 unspecified atom stereocenters. The van der Waals surface area contributed by atoms with E-state index in [1.165, 1.54) is 39.2 Å². The summed E-state index contributed by atoms with van der Waals surface area (Å²) in [6, 6.07) is 21.7. The van der Waals surface area contributed by atoms with Crippen LogP contribution in [-0.4, -0.2) is 40.0 Å². The zero-order valence-electron chi connectivity index (χ0n) is 24.3. The molecule has 0 aliphatic carbocycles. The first kappa shape index (κ1) is 30.1. The van der Waals surface area contributed by atoms with Crippen molar-refractivity contribution in [3.05, 3.63) is 94.0 Å². The third-order valence-electron chi connectivity index (χ3n) is 7.38. The van der Waals surface area contributed by atoms with Gasteiger partial charge in [0.15, 0.2) is 0 Å². The van der Waals surface area contributed by atoms with E-state index in [0.29, 0.717) is 0 Å². The number of rotatable bonds is 9. The van der Waals surface area contributed by atoms with Gasteiger partial charge in [-0.2, -0.15) is 0 Å². The molecule has 0 bridgehead atoms. The monoisotopic (exact) mass is 653 g/mol. The Bertz CT molecular complexity index is 1320. The number of halogens is 2. The van der Waals surface area contributed by atoms with Crippen molar-refractivity contribution in [3.8, 4) is 0 Å². The maximum absolute atomic E-state index is 7.65. The molecule has 1 fully saturated rings. The van der Waals surface area contributed by atoms with Gasteiger partial charge in [-0.3, -0.25) is 0 Å². The SMILES string of the molecule is CCCN(CCC)Cc1ccccc1[CH]=[Ru]([Cl])([Cl])=[C]1N(c2c(C)cccc2C)CCN1c1c(C)cccc1C. The zero-order chi connectivity index (χ0) is 28.2. The van der Waals surface area contributed by atoms with E-state index in [2.05, 4.69) is 122 Å². The van der Waals surface area contributed by atoms with Crippen molar-refractivity contribution in [2.75, 3.05) is 36.0 Å². The summed E-state index contributed by atoms with van der Waals surface area (Å²) in [6.45, 7) is 18.0. The summed E-state index contributed by atoms with van der Waals surface area (Å²) in [5, 5.41) is 0. The summed E-state index contributed by atoms with van der Waals surface area (Å²) < 4.78 is 3.30. The molecule has 1 aliphatic rings. The van der Waals surface area contributed by atoms with Crippen LogP contribution >= 0.6 is 19.4 Å². The van der Waals surface area contributed by atoms with E-state index < -0.39 is 11.9 Å². The first-order valence-electron chi connectivity index (χ1n) is 14.0. The molecule has 0 atom stereocenters. The van der Waals surface area contributed by atoms with Gasteiger partial charge in [-0.15, -0.1) is 0 Å². The summed E-state index contributed by atoms with van der Waals surface area (Å²) in [5.74, 6) is 0. The van der Waals surface area contributed by atoms with Gasteiger partial charge in [-0.05, 0) is 0 Å². The average Bonchev–Trinajstić information content (AvgIpc) is 3.30. The van der Waals surface area contributed by atoms with Crippen molar-refractivity contribution < 1.29 is 11.9 Å². The molecule has 1 saturated heterocycles. The number of hydrogen-bond acceptors (Lipinski definition) is 3. The molecule has 0 spiro atoms. The number of benzene rings is 3. The van der Waals surface area contributed by atoms with Crippen LogP contribution in [0.3, 0.4) is 0 Å². The Morgan fingerprint density at radius 3 is 1.64 bits per heavy atom. The van der Waals surface area contributed by atoms with Gasteiger partial charge in [0.25, 0.3) is 0 Å². The molecular formula is C33H43Cl2N3Ru. The van der Waals surface area contributed by atoms with Crippen LogP contribution in [0.1, 0.15) is 60.1 Å². The first-order chi connectivity index (χ1) is 18.7. The second-order valence-electron chi connectivity index (χ2n) is 10.6. The molecule has 6 heteroatoms. The molecule has 0 saturated carbocycles. The molecule has 3 nitrogen and oxygen atoms in total. The molecular weight excluding hydrogens is 610 g/mol. The fourth-order valence-electron chi connectivity index (χ4n) is 5.75. The predicted octanol–water partition coefficient (Wildman–Crippen LogP) is 8.27. The molecule has 0 N–H and O–H groups in total. The van der Waals surface area contributed by atoms with Crippen LogP contribution in [0.4, 0.5) is 11.4 Å². The Morgan fingerprint density at radius 2 is 1.18 bits per heavy atom. The van der Waals surface area contributed by atoms with Gasteiger partial charge in [0, 0.05) is 0 Å². The van der Waals surface area contributed by atoms with E-state index in [9.17, 15) is 0 Å². The molecule has 4 rings (SSSR count). The summed E-state index contributed by atoms with van der Waals surface area (Å²) in [5.41, 5.74) is 9.89. The van der Waals surface area contributed by atoms with Crippen LogP contribution in [0.15, 0.2) is 60.7 Å². The van der Waals surface area contributed by atoms with Gasteiger partial charge in [-0.1, -0.05) is 0 Å². The second kappa shape index (κ2) is 13.2. The Hall–Kier alpha value is -1.84. The molecule has 1 heterocycles. The van der Waals surface area contributed by atoms with Crippen molar-refractivity contribution in [3.63, 3.8) is 0 Å². The van der Waals surface area contributed by atoms with Crippen LogP contribution in [0.25, 0.3) is 0 Å². The van der Waals surface area contributed by atoms with Crippen LogP contribution in [0, 0.1) is 27.7 Å². The topological polar surface area (TPSA) is 9.72 Å². The average molecular weight is 654 g/mol. The minimum absolute atomic E-state index is 0.854. The van der Waals surface area contributed by atoms with Gasteiger partial charge in [-0.25, -0.2) is 0 Å². The number of aryl methyl sites for hydroxylation is 4. The molecule has 3 aromatic carbocycles. The van der Waals surface area contributed by atoms with E-state index in [1.54, 1.807) is 0 Å². The van der Waals surface area contributed by atoms with Crippen molar-refractivity contribution in [1.82, 2.24) is 4.90 Å². The van der Waals surface area contributed by atoms with E-state index >= 15 is 0 Å². The van der Waals surface area contributed by atoms with Crippen LogP contribution in [0.2, 0.25) is 0 Å². The molecule has 39 heavy (non-hydrogen) atoms. The maximum atomic E-state index is 7.65. The Labute approximate surface area is 246 Å². The Morgan fingerprint density at radius 1 is 0.718 bits per heavy atom. The number of nitrogens with zero attached hydrogens (tertiary/aromatic N) is 3. The van der Waals surface area contributed by atoms with Crippen molar-refractivity contribution in [1.29, 1.82) is 0 Å². The molecule has 3 aromatic rings. The van der Waals surface area contributed by atoms with E-state index in [0.717, 1.165) is 55.5 Å². The number of para-hydroxylation sites is 2. The standard InChI is InChI=1S/C19H22N2.C14H21N.2ClH.Ru/c1-14-7-5-8-15(2)18(14)20-11-12-21(13-20)19-16(3)9-6-10-17(19)4;1-4-10-15(11-5-2)12-14-9-7-6-8-13(14)3;;;/h5-10H,11-12H2,1-4H3;3,6-9H,4-5,10-12H2,1-2H3;2*1H;/q;;;;+2/p-2. The second-order valence-corrected chi connectivity index (χ2v) is 19.8. The van der Waals surface area contributed by atoms with Crippen LogP contribution in [0.5, 0.6) is 0 Å². The van der Waals surface area contributed by atoms with Gasteiger partial charge in [0.2, 0.25) is 0 Å². The van der Waals surface area contributed by atoms with E-state index in [-0.39, 0.29) is 0 Å². The van der Waals surface area contributed by atoms with Gasteiger partial charge in [0.1, 0.15) is 0 Å². The van der Waals surface area contributed by atoms with Crippen LogP contribution < -0.4 is 9.80 Å². The zero-order valence-corrected chi connectivity index (χ0v) is 27.5. The van der Waals surface area contributed by atoms with Gasteiger partial charge < -0.3 is 0 Å². The van der Waals surface area contributed by atoms with Crippen LogP contribution in [-0.2, 0) is 18.4 Å². The Kier molecular flexibility index (Phi) is 10.2. The van der Waals surface area contributed by atoms with E-state index in [4.69, 9.17) is 19.4 Å².